The van der Waals surface area contributed by atoms with Crippen molar-refractivity contribution in [2.75, 3.05) is 12.8 Å². The number of nitrogens with zero attached hydrogens (tertiary/aromatic N) is 2. The molecule has 0 bridgehead atoms. The second-order valence-corrected chi connectivity index (χ2v) is 3.99. The zero-order valence-corrected chi connectivity index (χ0v) is 10.2. The highest BCUT2D eigenvalue weighted by molar-refractivity contribution is 5.72. The summed E-state index contributed by atoms with van der Waals surface area (Å²) < 4.78 is 4.94. The van der Waals surface area contributed by atoms with Gasteiger partial charge in [-0.1, -0.05) is 6.07 Å². The summed E-state index contributed by atoms with van der Waals surface area (Å²) >= 11 is 0. The van der Waals surface area contributed by atoms with Gasteiger partial charge in [0.15, 0.2) is 0 Å². The van der Waals surface area contributed by atoms with Crippen molar-refractivity contribution in [1.29, 1.82) is 0 Å². The number of nitrogens with two attached hydrogens (primary N) is 1. The highest BCUT2D eigenvalue weighted by atomic mass is 16.5. The van der Waals surface area contributed by atoms with Crippen molar-refractivity contribution in [3.8, 4) is 17.1 Å². The summed E-state index contributed by atoms with van der Waals surface area (Å²) in [5.41, 5.74) is 10.9. The maximum Gasteiger partial charge on any atom is 0.316 e. The number of benzene rings is 1. The molecule has 0 spiro atoms. The normalized spacial score (nSPS) is 10.3. The highest BCUT2D eigenvalue weighted by Gasteiger charge is 2.07. The van der Waals surface area contributed by atoms with Crippen LogP contribution in [0.4, 0.5) is 5.69 Å². The molecule has 0 aliphatic heterocycles. The predicted octanol–water partition coefficient (Wildman–Crippen LogP) is 2.35. The number of rotatable bonds is 2. The number of aromatic nitrogens is 2. The number of methoxy groups -OCH3 is 1. The van der Waals surface area contributed by atoms with Crippen molar-refractivity contribution in [3.05, 3.63) is 35.7 Å². The molecule has 2 aromatic rings. The molecule has 1 aromatic heterocycles. The lowest BCUT2D eigenvalue weighted by molar-refractivity contribution is 0.380. The minimum atomic E-state index is 0.368. The van der Waals surface area contributed by atoms with Crippen LogP contribution in [0.1, 0.15) is 11.1 Å². The van der Waals surface area contributed by atoms with Crippen LogP contribution in [-0.4, -0.2) is 17.1 Å². The summed E-state index contributed by atoms with van der Waals surface area (Å²) in [5.74, 6) is 0. The van der Waals surface area contributed by atoms with Crippen LogP contribution in [0.5, 0.6) is 6.01 Å². The Morgan fingerprint density at radius 2 is 1.76 bits per heavy atom. The Morgan fingerprint density at radius 1 is 1.12 bits per heavy atom. The molecule has 2 N–H and O–H groups in total. The number of anilines is 1. The monoisotopic (exact) mass is 229 g/mol. The molecule has 4 nitrogen and oxygen atoms in total. The quantitative estimate of drug-likeness (QED) is 0.803. The maximum atomic E-state index is 5.95. The van der Waals surface area contributed by atoms with Crippen molar-refractivity contribution < 1.29 is 4.74 Å². The van der Waals surface area contributed by atoms with E-state index in [0.29, 0.717) is 6.01 Å². The molecule has 0 saturated heterocycles. The second-order valence-electron chi connectivity index (χ2n) is 3.99. The van der Waals surface area contributed by atoms with Crippen molar-refractivity contribution in [1.82, 2.24) is 9.97 Å². The van der Waals surface area contributed by atoms with E-state index in [1.54, 1.807) is 19.5 Å². The molecule has 4 heteroatoms. The number of nitrogen functional groups attached to an aromatic ring is 1. The van der Waals surface area contributed by atoms with E-state index in [0.717, 1.165) is 27.9 Å². The van der Waals surface area contributed by atoms with E-state index in [4.69, 9.17) is 10.5 Å². The average Bonchev–Trinajstić information content (AvgIpc) is 2.34. The minimum Gasteiger partial charge on any atom is -0.467 e. The fourth-order valence-electron chi connectivity index (χ4n) is 1.75. The Kier molecular flexibility index (Phi) is 2.95. The molecule has 1 aromatic carbocycles. The molecular weight excluding hydrogens is 214 g/mol. The summed E-state index contributed by atoms with van der Waals surface area (Å²) in [6.45, 7) is 4.01. The standard InChI is InChI=1S/C13H15N3O/c1-8-4-11(9(2)12(14)5-8)10-6-15-13(17-3)16-7-10/h4-7H,14H2,1-3H3. The number of aryl methyl sites for hydroxylation is 1. The predicted molar refractivity (Wildman–Crippen MR) is 67.9 cm³/mol. The van der Waals surface area contributed by atoms with E-state index in [-0.39, 0.29) is 0 Å². The molecule has 0 aliphatic carbocycles. The van der Waals surface area contributed by atoms with Crippen LogP contribution < -0.4 is 10.5 Å². The van der Waals surface area contributed by atoms with E-state index in [1.807, 2.05) is 19.9 Å². The minimum absolute atomic E-state index is 0.368. The third kappa shape index (κ3) is 2.20. The van der Waals surface area contributed by atoms with Crippen molar-refractivity contribution in [3.63, 3.8) is 0 Å². The van der Waals surface area contributed by atoms with E-state index >= 15 is 0 Å². The third-order valence-corrected chi connectivity index (χ3v) is 2.71. The lowest BCUT2D eigenvalue weighted by atomic mass is 9.99. The van der Waals surface area contributed by atoms with Crippen LogP contribution in [0.3, 0.4) is 0 Å². The first-order chi connectivity index (χ1) is 8.11. The zero-order valence-electron chi connectivity index (χ0n) is 10.2. The summed E-state index contributed by atoms with van der Waals surface area (Å²) in [7, 11) is 1.55. The zero-order chi connectivity index (χ0) is 12.4. The van der Waals surface area contributed by atoms with Gasteiger partial charge in [0.05, 0.1) is 7.11 Å². The SMILES string of the molecule is COc1ncc(-c2cc(C)cc(N)c2C)cn1. The van der Waals surface area contributed by atoms with Gasteiger partial charge in [0, 0.05) is 23.6 Å². The van der Waals surface area contributed by atoms with Crippen molar-refractivity contribution >= 4 is 5.69 Å². The fraction of sp³-hybridized carbons (Fsp3) is 0.231. The summed E-state index contributed by atoms with van der Waals surface area (Å²) in [6.07, 6.45) is 3.49. The van der Waals surface area contributed by atoms with E-state index in [9.17, 15) is 0 Å². The average molecular weight is 229 g/mol. The molecule has 0 fully saturated rings. The van der Waals surface area contributed by atoms with Gasteiger partial charge in [0.2, 0.25) is 0 Å². The maximum absolute atomic E-state index is 5.95. The second kappa shape index (κ2) is 4.41. The number of ether oxygens (including phenoxy) is 1. The molecule has 1 heterocycles. The molecule has 0 aliphatic rings. The Morgan fingerprint density at radius 3 is 2.35 bits per heavy atom. The van der Waals surface area contributed by atoms with Crippen LogP contribution in [0.15, 0.2) is 24.5 Å². The molecular formula is C13H15N3O. The lowest BCUT2D eigenvalue weighted by Crippen LogP contribution is -1.96. The van der Waals surface area contributed by atoms with Crippen LogP contribution in [0.2, 0.25) is 0 Å². The smallest absolute Gasteiger partial charge is 0.316 e. The lowest BCUT2D eigenvalue weighted by Gasteiger charge is -2.10. The van der Waals surface area contributed by atoms with Crippen LogP contribution in [-0.2, 0) is 0 Å². The van der Waals surface area contributed by atoms with Gasteiger partial charge in [0.25, 0.3) is 0 Å². The van der Waals surface area contributed by atoms with Gasteiger partial charge in [-0.3, -0.25) is 0 Å². The van der Waals surface area contributed by atoms with E-state index < -0.39 is 0 Å². The molecule has 0 amide bonds. The number of hydrogen-bond acceptors (Lipinski definition) is 4. The molecule has 0 saturated carbocycles. The van der Waals surface area contributed by atoms with Gasteiger partial charge in [-0.25, -0.2) is 9.97 Å². The first-order valence-electron chi connectivity index (χ1n) is 5.35. The molecule has 2 rings (SSSR count). The summed E-state index contributed by atoms with van der Waals surface area (Å²) in [5, 5.41) is 0. The Bertz CT molecular complexity index is 535. The number of hydrogen-bond donors (Lipinski definition) is 1. The highest BCUT2D eigenvalue weighted by Crippen LogP contribution is 2.28. The van der Waals surface area contributed by atoms with Gasteiger partial charge in [-0.15, -0.1) is 0 Å². The third-order valence-electron chi connectivity index (χ3n) is 2.71. The Balaban J connectivity index is 2.52. The van der Waals surface area contributed by atoms with Gasteiger partial charge in [-0.05, 0) is 36.6 Å². The summed E-state index contributed by atoms with van der Waals surface area (Å²) in [6, 6.07) is 4.41. The van der Waals surface area contributed by atoms with Gasteiger partial charge in [0.1, 0.15) is 0 Å². The Hall–Kier alpha value is -2.10. The Labute approximate surface area is 100 Å². The molecule has 0 unspecified atom stereocenters. The molecule has 17 heavy (non-hydrogen) atoms. The largest absolute Gasteiger partial charge is 0.467 e. The van der Waals surface area contributed by atoms with Crippen molar-refractivity contribution in [2.45, 2.75) is 13.8 Å². The van der Waals surface area contributed by atoms with Gasteiger partial charge >= 0.3 is 6.01 Å². The van der Waals surface area contributed by atoms with Gasteiger partial charge < -0.3 is 10.5 Å². The van der Waals surface area contributed by atoms with E-state index in [1.165, 1.54) is 0 Å². The topological polar surface area (TPSA) is 61.0 Å². The summed E-state index contributed by atoms with van der Waals surface area (Å²) in [4.78, 5) is 8.20. The van der Waals surface area contributed by atoms with Crippen molar-refractivity contribution in [2.24, 2.45) is 0 Å². The van der Waals surface area contributed by atoms with Crippen LogP contribution in [0.25, 0.3) is 11.1 Å². The van der Waals surface area contributed by atoms with E-state index in [2.05, 4.69) is 16.0 Å². The van der Waals surface area contributed by atoms with Crippen LogP contribution in [0, 0.1) is 13.8 Å². The molecule has 0 atom stereocenters. The molecule has 88 valence electrons. The fourth-order valence-corrected chi connectivity index (χ4v) is 1.75. The van der Waals surface area contributed by atoms with Crippen LogP contribution >= 0.6 is 0 Å². The first kappa shape index (κ1) is 11.4. The first-order valence-corrected chi connectivity index (χ1v) is 5.35. The molecule has 0 radical (unpaired) electrons. The van der Waals surface area contributed by atoms with Gasteiger partial charge in [-0.2, -0.15) is 0 Å².